The van der Waals surface area contributed by atoms with Crippen LogP contribution >= 0.6 is 0 Å². The molecule has 34 heavy (non-hydrogen) atoms. The highest BCUT2D eigenvalue weighted by atomic mass is 16.2. The van der Waals surface area contributed by atoms with E-state index in [1.807, 2.05) is 71.6 Å². The van der Waals surface area contributed by atoms with Crippen LogP contribution in [0.5, 0.6) is 0 Å². The van der Waals surface area contributed by atoms with E-state index in [-0.39, 0.29) is 18.5 Å². The Morgan fingerprint density at radius 3 is 2.29 bits per heavy atom. The molecule has 0 saturated carbocycles. The van der Waals surface area contributed by atoms with Crippen molar-refractivity contribution in [2.45, 2.75) is 18.9 Å². The third kappa shape index (κ3) is 4.73. The van der Waals surface area contributed by atoms with Crippen molar-refractivity contribution in [3.05, 3.63) is 114 Å². The molecule has 1 aliphatic heterocycles. The number of hydrogen-bond acceptors (Lipinski definition) is 5. The summed E-state index contributed by atoms with van der Waals surface area (Å²) in [6, 6.07) is 30.3. The molecule has 0 fully saturated rings. The van der Waals surface area contributed by atoms with E-state index in [4.69, 9.17) is 0 Å². The van der Waals surface area contributed by atoms with Gasteiger partial charge in [-0.25, -0.2) is 0 Å². The Kier molecular flexibility index (Phi) is 6.42. The highest BCUT2D eigenvalue weighted by molar-refractivity contribution is 5.89. The maximum Gasteiger partial charge on any atom is 0.251 e. The van der Waals surface area contributed by atoms with Crippen LogP contribution in [-0.2, 0) is 11.2 Å². The van der Waals surface area contributed by atoms with Crippen molar-refractivity contribution >= 4 is 17.6 Å². The summed E-state index contributed by atoms with van der Waals surface area (Å²) in [5.41, 5.74) is 4.27. The van der Waals surface area contributed by atoms with E-state index in [0.717, 1.165) is 29.7 Å². The monoisotopic (exact) mass is 450 g/mol. The van der Waals surface area contributed by atoms with E-state index in [1.165, 1.54) is 5.56 Å². The highest BCUT2D eigenvalue weighted by Gasteiger charge is 2.31. The topological polar surface area (TPSA) is 75.9 Å². The van der Waals surface area contributed by atoms with Crippen LogP contribution in [0.25, 0.3) is 5.70 Å². The summed E-state index contributed by atoms with van der Waals surface area (Å²) in [5.74, 6) is 0.484. The number of rotatable bonds is 8. The molecule has 0 bridgehead atoms. The number of aryl methyl sites for hydroxylation is 1. The molecule has 3 aromatic carbocycles. The molecule has 2 heterocycles. The van der Waals surface area contributed by atoms with Crippen molar-refractivity contribution in [3.63, 3.8) is 0 Å². The Balaban J connectivity index is 1.35. The van der Waals surface area contributed by atoms with Crippen molar-refractivity contribution in [1.29, 1.82) is 0 Å². The van der Waals surface area contributed by atoms with Crippen LogP contribution in [0.2, 0.25) is 0 Å². The minimum Gasteiger partial charge on any atom is -0.355 e. The molecule has 1 amide bonds. The summed E-state index contributed by atoms with van der Waals surface area (Å²) in [7, 11) is 0. The quantitative estimate of drug-likeness (QED) is 0.413. The van der Waals surface area contributed by atoms with E-state index in [2.05, 4.69) is 51.2 Å². The van der Waals surface area contributed by atoms with E-state index in [0.29, 0.717) is 12.5 Å². The number of fused-ring (bicyclic) bond motifs is 1. The summed E-state index contributed by atoms with van der Waals surface area (Å²) in [4.78, 5) is 14.8. The van der Waals surface area contributed by atoms with Crippen molar-refractivity contribution in [2.75, 3.05) is 18.0 Å². The van der Waals surface area contributed by atoms with Gasteiger partial charge < -0.3 is 5.32 Å². The molecule has 7 heteroatoms. The lowest BCUT2D eigenvalue weighted by Crippen LogP contribution is -2.40. The number of benzene rings is 3. The van der Waals surface area contributed by atoms with Gasteiger partial charge in [0.1, 0.15) is 12.6 Å². The summed E-state index contributed by atoms with van der Waals surface area (Å²) >= 11 is 0. The summed E-state index contributed by atoms with van der Waals surface area (Å²) in [6.07, 6.45) is 3.93. The number of carbonyl (C=O) groups is 1. The summed E-state index contributed by atoms with van der Waals surface area (Å²) in [6.45, 7) is 0.748. The standard InChI is InChI=1S/C27H26N6O/c34-26(28-18-10-13-21-11-4-1-5-12-21)20-32-24(22-14-6-2-7-15-22)19-25(23-16-8-3-9-17-23)33-27(32)29-30-31-33/h1-9,11-12,14-17,19,25H,10,13,18,20H2,(H,28,34). The molecule has 1 aliphatic rings. The Morgan fingerprint density at radius 1 is 0.882 bits per heavy atom. The number of nitrogens with zero attached hydrogens (tertiary/aromatic N) is 5. The lowest BCUT2D eigenvalue weighted by atomic mass is 10.0. The zero-order valence-electron chi connectivity index (χ0n) is 18.8. The second kappa shape index (κ2) is 10.1. The molecule has 0 saturated heterocycles. The van der Waals surface area contributed by atoms with Crippen molar-refractivity contribution < 1.29 is 4.79 Å². The molecule has 1 unspecified atom stereocenters. The van der Waals surface area contributed by atoms with Gasteiger partial charge in [0.15, 0.2) is 0 Å². The van der Waals surface area contributed by atoms with E-state index >= 15 is 0 Å². The Morgan fingerprint density at radius 2 is 1.56 bits per heavy atom. The SMILES string of the molecule is O=C(CN1C(c2ccccc2)=CC(c2ccccc2)n2nnnc21)NCCCc1ccccc1. The van der Waals surface area contributed by atoms with Crippen molar-refractivity contribution in [2.24, 2.45) is 0 Å². The van der Waals surface area contributed by atoms with Crippen molar-refractivity contribution in [1.82, 2.24) is 25.5 Å². The predicted molar refractivity (Wildman–Crippen MR) is 132 cm³/mol. The van der Waals surface area contributed by atoms with Gasteiger partial charge in [-0.3, -0.25) is 9.69 Å². The van der Waals surface area contributed by atoms with Crippen LogP contribution in [-0.4, -0.2) is 39.2 Å². The number of amides is 1. The molecular formula is C27H26N6O. The minimum absolute atomic E-state index is 0.0670. The Bertz CT molecular complexity index is 1250. The molecule has 7 nitrogen and oxygen atoms in total. The normalized spacial score (nSPS) is 14.9. The van der Waals surface area contributed by atoms with Gasteiger partial charge in [-0.05, 0) is 46.0 Å². The Labute approximate surface area is 198 Å². The molecule has 1 atom stereocenters. The number of tetrazole rings is 1. The van der Waals surface area contributed by atoms with Gasteiger partial charge in [-0.2, -0.15) is 4.68 Å². The van der Waals surface area contributed by atoms with Gasteiger partial charge in [0.2, 0.25) is 5.91 Å². The van der Waals surface area contributed by atoms with Crippen molar-refractivity contribution in [3.8, 4) is 0 Å². The fraction of sp³-hybridized carbons (Fsp3) is 0.185. The second-order valence-electron chi connectivity index (χ2n) is 8.22. The molecule has 0 aliphatic carbocycles. The molecule has 5 rings (SSSR count). The first-order valence-electron chi connectivity index (χ1n) is 11.5. The van der Waals surface area contributed by atoms with Gasteiger partial charge in [0.25, 0.3) is 5.95 Å². The molecule has 1 N–H and O–H groups in total. The number of nitrogens with one attached hydrogen (secondary N) is 1. The predicted octanol–water partition coefficient (Wildman–Crippen LogP) is 3.87. The lowest BCUT2D eigenvalue weighted by Gasteiger charge is -2.32. The maximum atomic E-state index is 12.9. The number of aromatic nitrogens is 4. The first kappa shape index (κ1) is 21.6. The third-order valence-corrected chi connectivity index (χ3v) is 5.91. The number of hydrogen-bond donors (Lipinski definition) is 1. The molecule has 0 spiro atoms. The van der Waals surface area contributed by atoms with Crippen LogP contribution in [0.15, 0.2) is 97.1 Å². The highest BCUT2D eigenvalue weighted by Crippen LogP contribution is 2.35. The van der Waals surface area contributed by atoms with Gasteiger partial charge in [0.05, 0.1) is 5.70 Å². The third-order valence-electron chi connectivity index (χ3n) is 5.91. The largest absolute Gasteiger partial charge is 0.355 e. The number of anilines is 1. The molecular weight excluding hydrogens is 424 g/mol. The first-order valence-corrected chi connectivity index (χ1v) is 11.5. The summed E-state index contributed by atoms with van der Waals surface area (Å²) < 4.78 is 1.77. The van der Waals surface area contributed by atoms with Crippen LogP contribution in [0, 0.1) is 0 Å². The summed E-state index contributed by atoms with van der Waals surface area (Å²) in [5, 5.41) is 15.5. The second-order valence-corrected chi connectivity index (χ2v) is 8.22. The molecule has 1 aromatic heterocycles. The van der Waals surface area contributed by atoms with Crippen LogP contribution < -0.4 is 10.2 Å². The van der Waals surface area contributed by atoms with E-state index in [9.17, 15) is 4.79 Å². The van der Waals surface area contributed by atoms with Gasteiger partial charge in [-0.15, -0.1) is 0 Å². The average Bonchev–Trinajstić information content (AvgIpc) is 3.39. The number of allylic oxidation sites excluding steroid dienone is 1. The Hall–Kier alpha value is -4.26. The van der Waals surface area contributed by atoms with E-state index in [1.54, 1.807) is 4.68 Å². The minimum atomic E-state index is -0.161. The van der Waals surface area contributed by atoms with Gasteiger partial charge >= 0.3 is 0 Å². The average molecular weight is 451 g/mol. The molecule has 4 aromatic rings. The molecule has 170 valence electrons. The van der Waals surface area contributed by atoms with E-state index < -0.39 is 0 Å². The lowest BCUT2D eigenvalue weighted by molar-refractivity contribution is -0.119. The van der Waals surface area contributed by atoms with Gasteiger partial charge in [0, 0.05) is 6.54 Å². The van der Waals surface area contributed by atoms with Crippen LogP contribution in [0.3, 0.4) is 0 Å². The number of carbonyl (C=O) groups excluding carboxylic acids is 1. The molecule has 0 radical (unpaired) electrons. The fourth-order valence-electron chi connectivity index (χ4n) is 4.23. The first-order chi connectivity index (χ1) is 16.8. The maximum absolute atomic E-state index is 12.9. The fourth-order valence-corrected chi connectivity index (χ4v) is 4.23. The van der Waals surface area contributed by atoms with Crippen LogP contribution in [0.4, 0.5) is 5.95 Å². The van der Waals surface area contributed by atoms with Gasteiger partial charge in [-0.1, -0.05) is 96.1 Å². The zero-order valence-corrected chi connectivity index (χ0v) is 18.8. The smallest absolute Gasteiger partial charge is 0.251 e. The van der Waals surface area contributed by atoms with Crippen LogP contribution in [0.1, 0.15) is 29.2 Å². The zero-order chi connectivity index (χ0) is 23.2.